The Kier molecular flexibility index (Phi) is 3.66. The van der Waals surface area contributed by atoms with E-state index < -0.39 is 0 Å². The summed E-state index contributed by atoms with van der Waals surface area (Å²) in [7, 11) is 0. The third-order valence-corrected chi connectivity index (χ3v) is 3.98. The van der Waals surface area contributed by atoms with Crippen molar-refractivity contribution in [2.24, 2.45) is 0 Å². The average Bonchev–Trinajstić information content (AvgIpc) is 3.24. The van der Waals surface area contributed by atoms with Crippen molar-refractivity contribution in [3.05, 3.63) is 66.5 Å². The molecule has 5 nitrogen and oxygen atoms in total. The molecule has 3 aromatic rings. The zero-order chi connectivity index (χ0) is 16.5. The highest BCUT2D eigenvalue weighted by molar-refractivity contribution is 5.64. The van der Waals surface area contributed by atoms with Crippen molar-refractivity contribution >= 4 is 0 Å². The van der Waals surface area contributed by atoms with Crippen LogP contribution < -0.4 is 5.32 Å². The summed E-state index contributed by atoms with van der Waals surface area (Å²) >= 11 is 0. The standard InChI is InChI=1S/C18H15FN4O/c1-11-7-16(20-9-11)18-22-17(23-24-18)15-6-5-13(10-21-15)12-3-2-4-14(19)8-12/h2-6,8,10,16,20H,1,7,9H2/t16-/m0/s1. The summed E-state index contributed by atoms with van der Waals surface area (Å²) in [5, 5.41) is 7.27. The van der Waals surface area contributed by atoms with Gasteiger partial charge in [-0.3, -0.25) is 4.98 Å². The van der Waals surface area contributed by atoms with Gasteiger partial charge in [0.25, 0.3) is 0 Å². The average molecular weight is 322 g/mol. The molecule has 1 saturated heterocycles. The second-order valence-corrected chi connectivity index (χ2v) is 5.79. The van der Waals surface area contributed by atoms with Gasteiger partial charge in [-0.15, -0.1) is 0 Å². The smallest absolute Gasteiger partial charge is 0.244 e. The Morgan fingerprint density at radius 2 is 2.12 bits per heavy atom. The summed E-state index contributed by atoms with van der Waals surface area (Å²) in [5.41, 5.74) is 3.34. The lowest BCUT2D eigenvalue weighted by Crippen LogP contribution is -2.13. The molecule has 0 spiro atoms. The Balaban J connectivity index is 1.57. The molecule has 1 fully saturated rings. The van der Waals surface area contributed by atoms with Gasteiger partial charge in [-0.05, 0) is 30.2 Å². The lowest BCUT2D eigenvalue weighted by molar-refractivity contribution is 0.346. The van der Waals surface area contributed by atoms with Crippen molar-refractivity contribution in [2.45, 2.75) is 12.5 Å². The Bertz CT molecular complexity index is 888. The second-order valence-electron chi connectivity index (χ2n) is 5.79. The number of nitrogens with one attached hydrogen (secondary N) is 1. The zero-order valence-electron chi connectivity index (χ0n) is 12.9. The minimum atomic E-state index is -0.273. The van der Waals surface area contributed by atoms with E-state index in [-0.39, 0.29) is 11.9 Å². The molecule has 4 rings (SSSR count). The monoisotopic (exact) mass is 322 g/mol. The van der Waals surface area contributed by atoms with Crippen LogP contribution in [0, 0.1) is 5.82 Å². The van der Waals surface area contributed by atoms with Gasteiger partial charge in [0.2, 0.25) is 11.7 Å². The largest absolute Gasteiger partial charge is 0.337 e. The van der Waals surface area contributed by atoms with Crippen molar-refractivity contribution in [2.75, 3.05) is 6.54 Å². The maximum absolute atomic E-state index is 13.3. The van der Waals surface area contributed by atoms with Crippen molar-refractivity contribution in [3.63, 3.8) is 0 Å². The van der Waals surface area contributed by atoms with Gasteiger partial charge in [0.1, 0.15) is 11.5 Å². The minimum absolute atomic E-state index is 0.0188. The predicted molar refractivity (Wildman–Crippen MR) is 87.4 cm³/mol. The van der Waals surface area contributed by atoms with Crippen LogP contribution in [0.15, 0.2) is 59.3 Å². The molecule has 0 unspecified atom stereocenters. The quantitative estimate of drug-likeness (QED) is 0.747. The molecule has 1 N–H and O–H groups in total. The fourth-order valence-electron chi connectivity index (χ4n) is 2.72. The molecule has 120 valence electrons. The van der Waals surface area contributed by atoms with Crippen molar-refractivity contribution < 1.29 is 8.91 Å². The first-order valence-corrected chi connectivity index (χ1v) is 7.65. The van der Waals surface area contributed by atoms with Gasteiger partial charge in [0.05, 0.1) is 6.04 Å². The van der Waals surface area contributed by atoms with E-state index in [2.05, 4.69) is 27.0 Å². The Morgan fingerprint density at radius 1 is 1.21 bits per heavy atom. The summed E-state index contributed by atoms with van der Waals surface area (Å²) in [5.74, 6) is 0.708. The molecular weight excluding hydrogens is 307 g/mol. The number of rotatable bonds is 3. The maximum Gasteiger partial charge on any atom is 0.244 e. The predicted octanol–water partition coefficient (Wildman–Crippen LogP) is 3.53. The molecular formula is C18H15FN4O. The molecule has 0 amide bonds. The highest BCUT2D eigenvalue weighted by Gasteiger charge is 2.25. The Hall–Kier alpha value is -2.86. The third-order valence-electron chi connectivity index (χ3n) is 3.98. The van der Waals surface area contributed by atoms with Gasteiger partial charge in [-0.1, -0.05) is 35.5 Å². The van der Waals surface area contributed by atoms with Gasteiger partial charge in [-0.25, -0.2) is 4.39 Å². The van der Waals surface area contributed by atoms with Gasteiger partial charge >= 0.3 is 0 Å². The molecule has 1 aromatic carbocycles. The van der Waals surface area contributed by atoms with E-state index in [1.54, 1.807) is 18.3 Å². The summed E-state index contributed by atoms with van der Waals surface area (Å²) < 4.78 is 18.6. The molecule has 24 heavy (non-hydrogen) atoms. The van der Waals surface area contributed by atoms with Gasteiger partial charge in [0, 0.05) is 18.3 Å². The van der Waals surface area contributed by atoms with Crippen LogP contribution in [-0.2, 0) is 0 Å². The van der Waals surface area contributed by atoms with Crippen molar-refractivity contribution in [1.29, 1.82) is 0 Å². The Labute approximate surface area is 138 Å². The van der Waals surface area contributed by atoms with E-state index >= 15 is 0 Å². The first kappa shape index (κ1) is 14.7. The molecule has 6 heteroatoms. The molecule has 3 heterocycles. The lowest BCUT2D eigenvalue weighted by Gasteiger charge is -2.02. The van der Waals surface area contributed by atoms with Crippen LogP contribution in [-0.4, -0.2) is 21.7 Å². The summed E-state index contributed by atoms with van der Waals surface area (Å²) in [6.07, 6.45) is 2.48. The van der Waals surface area contributed by atoms with Crippen molar-refractivity contribution in [1.82, 2.24) is 20.4 Å². The number of pyridine rings is 1. The molecule has 0 saturated carbocycles. The van der Waals surface area contributed by atoms with E-state index in [0.717, 1.165) is 29.7 Å². The molecule has 0 aliphatic carbocycles. The van der Waals surface area contributed by atoms with E-state index in [0.29, 0.717) is 17.4 Å². The van der Waals surface area contributed by atoms with Gasteiger partial charge in [0.15, 0.2) is 0 Å². The molecule has 1 aliphatic heterocycles. The molecule has 0 bridgehead atoms. The fraction of sp³-hybridized carbons (Fsp3) is 0.167. The third kappa shape index (κ3) is 2.83. The summed E-state index contributed by atoms with van der Waals surface area (Å²) in [6, 6.07) is 10.1. The SMILES string of the molecule is C=C1CN[C@H](c2nc(-c3ccc(-c4cccc(F)c4)cn3)no2)C1. The van der Waals surface area contributed by atoms with Crippen LogP contribution in [0.25, 0.3) is 22.6 Å². The number of aromatic nitrogens is 3. The number of nitrogens with zero attached hydrogens (tertiary/aromatic N) is 3. The summed E-state index contributed by atoms with van der Waals surface area (Å²) in [6.45, 7) is 4.71. The summed E-state index contributed by atoms with van der Waals surface area (Å²) in [4.78, 5) is 8.77. The first-order chi connectivity index (χ1) is 11.7. The molecule has 1 aliphatic rings. The molecule has 0 radical (unpaired) electrons. The van der Waals surface area contributed by atoms with Crippen LogP contribution in [0.4, 0.5) is 4.39 Å². The van der Waals surface area contributed by atoms with Crippen LogP contribution in [0.3, 0.4) is 0 Å². The maximum atomic E-state index is 13.3. The number of hydrogen-bond donors (Lipinski definition) is 1. The van der Waals surface area contributed by atoms with Crippen LogP contribution >= 0.6 is 0 Å². The van der Waals surface area contributed by atoms with E-state index in [1.807, 2.05) is 12.1 Å². The van der Waals surface area contributed by atoms with Crippen LogP contribution in [0.5, 0.6) is 0 Å². The first-order valence-electron chi connectivity index (χ1n) is 7.65. The number of hydrogen-bond acceptors (Lipinski definition) is 5. The second kappa shape index (κ2) is 5.98. The number of benzene rings is 1. The molecule has 1 atom stereocenters. The topological polar surface area (TPSA) is 63.8 Å². The fourth-order valence-corrected chi connectivity index (χ4v) is 2.72. The van der Waals surface area contributed by atoms with E-state index in [1.165, 1.54) is 12.1 Å². The zero-order valence-corrected chi connectivity index (χ0v) is 12.9. The van der Waals surface area contributed by atoms with Crippen LogP contribution in [0.1, 0.15) is 18.4 Å². The van der Waals surface area contributed by atoms with Gasteiger partial charge < -0.3 is 9.84 Å². The lowest BCUT2D eigenvalue weighted by atomic mass is 10.1. The highest BCUT2D eigenvalue weighted by atomic mass is 19.1. The highest BCUT2D eigenvalue weighted by Crippen LogP contribution is 2.26. The number of halogens is 1. The normalized spacial score (nSPS) is 17.4. The van der Waals surface area contributed by atoms with Gasteiger partial charge in [-0.2, -0.15) is 4.98 Å². The van der Waals surface area contributed by atoms with E-state index in [9.17, 15) is 4.39 Å². The molecule has 2 aromatic heterocycles. The minimum Gasteiger partial charge on any atom is -0.337 e. The van der Waals surface area contributed by atoms with Crippen molar-refractivity contribution in [3.8, 4) is 22.6 Å². The van der Waals surface area contributed by atoms with E-state index in [4.69, 9.17) is 4.52 Å². The van der Waals surface area contributed by atoms with Crippen LogP contribution in [0.2, 0.25) is 0 Å². The Morgan fingerprint density at radius 3 is 2.83 bits per heavy atom.